The lowest BCUT2D eigenvalue weighted by Crippen LogP contribution is -2.27. The fraction of sp³-hybridized carbons (Fsp3) is 0.270. The Hall–Kier alpha value is -5.01. The van der Waals surface area contributed by atoms with Gasteiger partial charge in [0.05, 0.1) is 36.3 Å². The molecule has 5 aromatic rings. The molecule has 2 amide bonds. The van der Waals surface area contributed by atoms with E-state index in [9.17, 15) is 9.59 Å². The highest BCUT2D eigenvalue weighted by Crippen LogP contribution is 2.38. The summed E-state index contributed by atoms with van der Waals surface area (Å²) >= 11 is 13.3. The first-order valence-electron chi connectivity index (χ1n) is 16.2. The predicted molar refractivity (Wildman–Crippen MR) is 198 cm³/mol. The van der Waals surface area contributed by atoms with Crippen molar-refractivity contribution in [2.45, 2.75) is 33.0 Å². The number of nitrogens with zero attached hydrogens (tertiary/aromatic N) is 5. The third-order valence-corrected chi connectivity index (χ3v) is 9.73. The number of anilines is 2. The normalized spacial score (nSPS) is 12.7. The van der Waals surface area contributed by atoms with Crippen LogP contribution in [0, 0.1) is 6.92 Å². The molecule has 0 saturated carbocycles. The third kappa shape index (κ3) is 7.54. The van der Waals surface area contributed by atoms with Crippen LogP contribution in [0.3, 0.4) is 0 Å². The first kappa shape index (κ1) is 35.8. The summed E-state index contributed by atoms with van der Waals surface area (Å²) in [6, 6.07) is 14.3. The van der Waals surface area contributed by atoms with Crippen molar-refractivity contribution in [1.29, 1.82) is 0 Å². The van der Waals surface area contributed by atoms with Gasteiger partial charge in [0.25, 0.3) is 11.8 Å². The van der Waals surface area contributed by atoms with E-state index in [-0.39, 0.29) is 11.6 Å². The molecule has 4 heterocycles. The van der Waals surface area contributed by atoms with Gasteiger partial charge in [-0.3, -0.25) is 19.6 Å². The van der Waals surface area contributed by atoms with Gasteiger partial charge in [0.1, 0.15) is 22.2 Å². The van der Waals surface area contributed by atoms with E-state index in [1.54, 1.807) is 37.7 Å². The number of hydrogen-bond donors (Lipinski definition) is 3. The zero-order chi connectivity index (χ0) is 36.2. The fourth-order valence-corrected chi connectivity index (χ4v) is 6.63. The molecular weight excluding hydrogens is 691 g/mol. The van der Waals surface area contributed by atoms with Gasteiger partial charge in [-0.2, -0.15) is 0 Å². The van der Waals surface area contributed by atoms with Crippen molar-refractivity contribution in [2.75, 3.05) is 38.4 Å². The Morgan fingerprint density at radius 3 is 2.37 bits per heavy atom. The molecular formula is C37H38Cl2N8O4. The smallest absolute Gasteiger partial charge is 0.291 e. The number of benzene rings is 2. The molecule has 1 aliphatic heterocycles. The molecule has 0 spiro atoms. The van der Waals surface area contributed by atoms with Gasteiger partial charge >= 0.3 is 0 Å². The minimum Gasteiger partial charge on any atom is -0.496 e. The molecule has 14 heteroatoms. The Bertz CT molecular complexity index is 2120. The van der Waals surface area contributed by atoms with Gasteiger partial charge in [-0.05, 0) is 37.2 Å². The molecule has 3 N–H and O–H groups in total. The lowest BCUT2D eigenvalue weighted by atomic mass is 9.98. The van der Waals surface area contributed by atoms with Gasteiger partial charge in [0.15, 0.2) is 5.82 Å². The van der Waals surface area contributed by atoms with Crippen molar-refractivity contribution in [1.82, 2.24) is 29.7 Å². The first-order valence-corrected chi connectivity index (χ1v) is 17.0. The molecule has 0 atom stereocenters. The minimum atomic E-state index is -0.406. The summed E-state index contributed by atoms with van der Waals surface area (Å²) in [4.78, 5) is 42.3. The van der Waals surface area contributed by atoms with Crippen LogP contribution in [0.15, 0.2) is 60.9 Å². The van der Waals surface area contributed by atoms with Crippen LogP contribution in [0.1, 0.15) is 49.3 Å². The lowest BCUT2D eigenvalue weighted by Gasteiger charge is -2.21. The molecule has 51 heavy (non-hydrogen) atoms. The number of imidazole rings is 1. The van der Waals surface area contributed by atoms with Crippen LogP contribution >= 0.6 is 23.2 Å². The van der Waals surface area contributed by atoms with Gasteiger partial charge < -0.3 is 34.9 Å². The maximum absolute atomic E-state index is 13.4. The highest BCUT2D eigenvalue weighted by molar-refractivity contribution is 6.36. The summed E-state index contributed by atoms with van der Waals surface area (Å²) in [6.07, 6.45) is 4.06. The number of methoxy groups -OCH3 is 2. The zero-order valence-electron chi connectivity index (χ0n) is 28.9. The topological polar surface area (TPSA) is 136 Å². The van der Waals surface area contributed by atoms with Gasteiger partial charge in [-0.1, -0.05) is 47.5 Å². The molecule has 6 rings (SSSR count). The van der Waals surface area contributed by atoms with Crippen molar-refractivity contribution >= 4 is 46.4 Å². The molecule has 2 aromatic carbocycles. The summed E-state index contributed by atoms with van der Waals surface area (Å²) < 4.78 is 12.7. The number of hydrogen-bond acceptors (Lipinski definition) is 9. The Morgan fingerprint density at radius 1 is 0.882 bits per heavy atom. The molecule has 0 fully saturated rings. The van der Waals surface area contributed by atoms with Crippen LogP contribution in [0.5, 0.6) is 11.5 Å². The average Bonchev–Trinajstić information content (AvgIpc) is 3.46. The van der Waals surface area contributed by atoms with Crippen LogP contribution in [0.25, 0.3) is 11.1 Å². The molecule has 3 aromatic heterocycles. The number of carbonyl (C=O) groups is 2. The van der Waals surface area contributed by atoms with Crippen molar-refractivity contribution in [3.8, 4) is 22.6 Å². The number of likely N-dealkylation sites (N-methyl/N-ethyl adjacent to an activating group) is 1. The van der Waals surface area contributed by atoms with Crippen molar-refractivity contribution in [2.24, 2.45) is 7.05 Å². The Morgan fingerprint density at radius 2 is 1.61 bits per heavy atom. The molecule has 0 radical (unpaired) electrons. The Kier molecular flexibility index (Phi) is 10.9. The van der Waals surface area contributed by atoms with Crippen molar-refractivity contribution < 1.29 is 19.1 Å². The monoisotopic (exact) mass is 728 g/mol. The van der Waals surface area contributed by atoms with E-state index in [0.717, 1.165) is 41.0 Å². The summed E-state index contributed by atoms with van der Waals surface area (Å²) in [5, 5.41) is 10.0. The quantitative estimate of drug-likeness (QED) is 0.143. The zero-order valence-corrected chi connectivity index (χ0v) is 30.4. The van der Waals surface area contributed by atoms with Gasteiger partial charge in [0.2, 0.25) is 0 Å². The van der Waals surface area contributed by atoms with Crippen LogP contribution in [-0.2, 0) is 33.1 Å². The summed E-state index contributed by atoms with van der Waals surface area (Å²) in [5.41, 5.74) is 6.88. The standard InChI is InChI=1S/C37H38Cl2N8O4/c1-21-23(24-9-7-11-26(33(24)38)45-37(49)35-43-29-20-46(2)15-13-30(29)47(35)3)8-6-10-25(21)44-36(48)27-16-32(51-5)22(18-42-27)17-40-19-28-34(39)31(50-4)12-14-41-28/h6-12,14,16,18,40H,13,15,17,19-20H2,1-5H3,(H,44,48)(H,45,49). The van der Waals surface area contributed by atoms with E-state index >= 15 is 0 Å². The highest BCUT2D eigenvalue weighted by atomic mass is 35.5. The van der Waals surface area contributed by atoms with Crippen LogP contribution in [0.4, 0.5) is 11.4 Å². The number of rotatable bonds is 11. The molecule has 0 unspecified atom stereocenters. The maximum atomic E-state index is 13.4. The number of halogens is 2. The second-order valence-electron chi connectivity index (χ2n) is 12.2. The molecule has 264 valence electrons. The molecule has 0 saturated heterocycles. The predicted octanol–water partition coefficient (Wildman–Crippen LogP) is 6.29. The number of pyridine rings is 2. The molecule has 0 bridgehead atoms. The Labute approximate surface area is 306 Å². The van der Waals surface area contributed by atoms with Gasteiger partial charge in [-0.15, -0.1) is 0 Å². The number of carbonyl (C=O) groups excluding carboxylic acids is 2. The fourth-order valence-electron chi connectivity index (χ4n) is 6.10. The van der Waals surface area contributed by atoms with Crippen LogP contribution in [-0.4, -0.2) is 64.0 Å². The highest BCUT2D eigenvalue weighted by Gasteiger charge is 2.25. The third-order valence-electron chi connectivity index (χ3n) is 8.92. The summed E-state index contributed by atoms with van der Waals surface area (Å²) in [7, 11) is 7.00. The van der Waals surface area contributed by atoms with E-state index < -0.39 is 5.91 Å². The summed E-state index contributed by atoms with van der Waals surface area (Å²) in [6.45, 7) is 4.30. The van der Waals surface area contributed by atoms with E-state index in [2.05, 4.69) is 35.8 Å². The number of nitrogens with one attached hydrogen (secondary N) is 3. The van der Waals surface area contributed by atoms with E-state index in [0.29, 0.717) is 69.6 Å². The van der Waals surface area contributed by atoms with E-state index in [4.69, 9.17) is 32.7 Å². The van der Waals surface area contributed by atoms with E-state index in [1.165, 1.54) is 7.11 Å². The molecule has 1 aliphatic rings. The number of aromatic nitrogens is 4. The maximum Gasteiger partial charge on any atom is 0.291 e. The number of amides is 2. The second kappa shape index (κ2) is 15.5. The second-order valence-corrected chi connectivity index (χ2v) is 12.9. The van der Waals surface area contributed by atoms with Gasteiger partial charge in [0, 0.05) is 86.7 Å². The minimum absolute atomic E-state index is 0.184. The number of ether oxygens (including phenoxy) is 2. The molecule has 0 aliphatic carbocycles. The van der Waals surface area contributed by atoms with Crippen LogP contribution in [0.2, 0.25) is 10.0 Å². The molecule has 12 nitrogen and oxygen atoms in total. The van der Waals surface area contributed by atoms with Crippen LogP contribution < -0.4 is 25.4 Å². The van der Waals surface area contributed by atoms with E-state index in [1.807, 2.05) is 55.9 Å². The SMILES string of the molecule is COc1cc(C(=O)Nc2cccc(-c3cccc(NC(=O)c4nc5c(n4C)CCN(C)C5)c3Cl)c2C)ncc1CNCc1nccc(OC)c1Cl. The Balaban J connectivity index is 1.15. The lowest BCUT2D eigenvalue weighted by molar-refractivity contribution is 0.100. The average molecular weight is 730 g/mol. The van der Waals surface area contributed by atoms with Crippen molar-refractivity contribution in [3.63, 3.8) is 0 Å². The number of fused-ring (bicyclic) bond motifs is 1. The first-order chi connectivity index (χ1) is 24.6. The van der Waals surface area contributed by atoms with Gasteiger partial charge in [-0.25, -0.2) is 4.98 Å². The van der Waals surface area contributed by atoms with Crippen molar-refractivity contribution in [3.05, 3.63) is 111 Å². The largest absolute Gasteiger partial charge is 0.496 e. The summed E-state index contributed by atoms with van der Waals surface area (Å²) in [5.74, 6) is 0.640.